The van der Waals surface area contributed by atoms with Crippen molar-refractivity contribution in [3.63, 3.8) is 0 Å². The maximum absolute atomic E-state index is 11.9. The third-order valence-corrected chi connectivity index (χ3v) is 4.69. The Bertz CT molecular complexity index is 508. The van der Waals surface area contributed by atoms with Gasteiger partial charge in [0.2, 0.25) is 0 Å². The molecule has 1 atom stereocenters. The van der Waals surface area contributed by atoms with Crippen molar-refractivity contribution < 1.29 is 14.3 Å². The molecule has 1 aromatic heterocycles. The van der Waals surface area contributed by atoms with Gasteiger partial charge >= 0.3 is 6.09 Å². The van der Waals surface area contributed by atoms with Crippen molar-refractivity contribution in [1.29, 1.82) is 0 Å². The number of Topliss-reactive ketones (excluding diaryl/α,β-unsaturated/α-hetero) is 1. The Morgan fingerprint density at radius 2 is 2.44 bits per heavy atom. The van der Waals surface area contributed by atoms with E-state index in [2.05, 4.69) is 0 Å². The van der Waals surface area contributed by atoms with E-state index in [-0.39, 0.29) is 17.8 Å². The molecule has 1 aliphatic carbocycles. The van der Waals surface area contributed by atoms with Gasteiger partial charge in [-0.2, -0.15) is 0 Å². The second-order valence-electron chi connectivity index (χ2n) is 4.71. The minimum absolute atomic E-state index is 0.181. The Labute approximate surface area is 110 Å². The summed E-state index contributed by atoms with van der Waals surface area (Å²) < 4.78 is 5.05. The fourth-order valence-electron chi connectivity index (χ4n) is 2.83. The SMILES string of the molecule is CCOC(=O)N1CCc2scc3c2C(CC3=O)C1. The summed E-state index contributed by atoms with van der Waals surface area (Å²) in [5.41, 5.74) is 2.10. The number of ketones is 1. The molecular formula is C13H15NO3S. The van der Waals surface area contributed by atoms with E-state index in [4.69, 9.17) is 4.74 Å². The Hall–Kier alpha value is -1.36. The maximum Gasteiger partial charge on any atom is 0.409 e. The zero-order valence-electron chi connectivity index (χ0n) is 10.3. The van der Waals surface area contributed by atoms with E-state index in [1.807, 2.05) is 12.3 Å². The first-order valence-corrected chi connectivity index (χ1v) is 7.13. The lowest BCUT2D eigenvalue weighted by atomic mass is 10.0. The number of ether oxygens (including phenoxy) is 1. The Morgan fingerprint density at radius 3 is 3.22 bits per heavy atom. The summed E-state index contributed by atoms with van der Waals surface area (Å²) >= 11 is 1.65. The van der Waals surface area contributed by atoms with Crippen LogP contribution in [0.3, 0.4) is 0 Å². The number of rotatable bonds is 1. The minimum atomic E-state index is -0.256. The van der Waals surface area contributed by atoms with Gasteiger partial charge in [0, 0.05) is 41.2 Å². The van der Waals surface area contributed by atoms with Crippen LogP contribution in [0.5, 0.6) is 0 Å². The first kappa shape index (κ1) is 11.7. The van der Waals surface area contributed by atoms with Crippen molar-refractivity contribution in [2.75, 3.05) is 19.7 Å². The van der Waals surface area contributed by atoms with Crippen molar-refractivity contribution in [3.05, 3.63) is 21.4 Å². The summed E-state index contributed by atoms with van der Waals surface area (Å²) in [6, 6.07) is 0. The second-order valence-corrected chi connectivity index (χ2v) is 5.67. The summed E-state index contributed by atoms with van der Waals surface area (Å²) in [5, 5.41) is 1.98. The summed E-state index contributed by atoms with van der Waals surface area (Å²) in [7, 11) is 0. The number of thiophene rings is 1. The third kappa shape index (κ3) is 1.73. The average Bonchev–Trinajstić information content (AvgIpc) is 2.82. The number of carbonyl (C=O) groups is 2. The lowest BCUT2D eigenvalue weighted by molar-refractivity contribution is 0.0956. The Balaban J connectivity index is 1.86. The topological polar surface area (TPSA) is 46.6 Å². The van der Waals surface area contributed by atoms with Crippen molar-refractivity contribution in [2.24, 2.45) is 0 Å². The average molecular weight is 265 g/mol. The number of hydrogen-bond acceptors (Lipinski definition) is 4. The molecule has 0 radical (unpaired) electrons. The molecule has 0 aromatic carbocycles. The summed E-state index contributed by atoms with van der Waals surface area (Å²) in [6.07, 6.45) is 1.12. The normalized spacial score (nSPS) is 21.7. The van der Waals surface area contributed by atoms with Crippen LogP contribution in [0.25, 0.3) is 0 Å². The van der Waals surface area contributed by atoms with Crippen LogP contribution >= 0.6 is 11.3 Å². The van der Waals surface area contributed by atoms with Crippen molar-refractivity contribution in [3.8, 4) is 0 Å². The minimum Gasteiger partial charge on any atom is -0.450 e. The standard InChI is InChI=1S/C13H15NO3S/c1-2-17-13(16)14-4-3-11-12-8(6-14)5-10(15)9(12)7-18-11/h7-8H,2-6H2,1H3. The van der Waals surface area contributed by atoms with Gasteiger partial charge in [-0.05, 0) is 18.9 Å². The Morgan fingerprint density at radius 1 is 1.61 bits per heavy atom. The molecule has 5 heteroatoms. The van der Waals surface area contributed by atoms with Crippen LogP contribution in [0.4, 0.5) is 4.79 Å². The number of carbonyl (C=O) groups excluding carboxylic acids is 2. The molecule has 0 bridgehead atoms. The van der Waals surface area contributed by atoms with Gasteiger partial charge < -0.3 is 9.64 Å². The molecule has 0 saturated carbocycles. The molecule has 1 aromatic rings. The summed E-state index contributed by atoms with van der Waals surface area (Å²) in [4.78, 5) is 26.7. The molecule has 0 spiro atoms. The van der Waals surface area contributed by atoms with E-state index in [1.54, 1.807) is 16.2 Å². The zero-order valence-corrected chi connectivity index (χ0v) is 11.1. The van der Waals surface area contributed by atoms with Gasteiger partial charge in [0.05, 0.1) is 6.61 Å². The first-order chi connectivity index (χ1) is 8.70. The van der Waals surface area contributed by atoms with Crippen LogP contribution in [0.1, 0.15) is 40.1 Å². The van der Waals surface area contributed by atoms with E-state index in [1.165, 1.54) is 10.4 Å². The highest BCUT2D eigenvalue weighted by Gasteiger charge is 2.37. The quantitative estimate of drug-likeness (QED) is 0.783. The van der Waals surface area contributed by atoms with Gasteiger partial charge in [-0.3, -0.25) is 4.79 Å². The molecule has 1 aliphatic heterocycles. The molecule has 2 heterocycles. The molecule has 0 N–H and O–H groups in total. The number of hydrogen-bond donors (Lipinski definition) is 0. The van der Waals surface area contributed by atoms with E-state index in [9.17, 15) is 9.59 Å². The van der Waals surface area contributed by atoms with Crippen LogP contribution in [0, 0.1) is 0 Å². The smallest absolute Gasteiger partial charge is 0.409 e. The monoisotopic (exact) mass is 265 g/mol. The van der Waals surface area contributed by atoms with Gasteiger partial charge in [-0.25, -0.2) is 4.79 Å². The molecule has 1 unspecified atom stereocenters. The molecule has 4 nitrogen and oxygen atoms in total. The van der Waals surface area contributed by atoms with Crippen LogP contribution in [-0.2, 0) is 11.2 Å². The highest BCUT2D eigenvalue weighted by molar-refractivity contribution is 7.10. The van der Waals surface area contributed by atoms with Crippen molar-refractivity contribution in [1.82, 2.24) is 4.90 Å². The van der Waals surface area contributed by atoms with Crippen molar-refractivity contribution >= 4 is 23.2 Å². The van der Waals surface area contributed by atoms with Crippen LogP contribution in [0.15, 0.2) is 5.38 Å². The van der Waals surface area contributed by atoms with Crippen LogP contribution in [-0.4, -0.2) is 36.5 Å². The zero-order chi connectivity index (χ0) is 12.7. The Kier molecular flexibility index (Phi) is 2.86. The van der Waals surface area contributed by atoms with Gasteiger partial charge in [0.1, 0.15) is 0 Å². The van der Waals surface area contributed by atoms with Gasteiger partial charge in [0.15, 0.2) is 5.78 Å². The van der Waals surface area contributed by atoms with E-state index >= 15 is 0 Å². The molecule has 18 heavy (non-hydrogen) atoms. The van der Waals surface area contributed by atoms with Crippen molar-refractivity contribution in [2.45, 2.75) is 25.7 Å². The predicted molar refractivity (Wildman–Crippen MR) is 68.3 cm³/mol. The van der Waals surface area contributed by atoms with E-state index in [0.29, 0.717) is 26.1 Å². The van der Waals surface area contributed by atoms with Crippen LogP contribution in [0.2, 0.25) is 0 Å². The number of nitrogens with zero attached hydrogens (tertiary/aromatic N) is 1. The highest BCUT2D eigenvalue weighted by atomic mass is 32.1. The van der Waals surface area contributed by atoms with Crippen LogP contribution < -0.4 is 0 Å². The lowest BCUT2D eigenvalue weighted by Crippen LogP contribution is -2.35. The molecule has 1 amide bonds. The largest absolute Gasteiger partial charge is 0.450 e. The third-order valence-electron chi connectivity index (χ3n) is 3.63. The molecule has 0 saturated heterocycles. The lowest BCUT2D eigenvalue weighted by Gasteiger charge is -2.21. The number of amides is 1. The fourth-order valence-corrected chi connectivity index (χ4v) is 3.96. The summed E-state index contributed by atoms with van der Waals surface area (Å²) in [5.74, 6) is 0.406. The van der Waals surface area contributed by atoms with E-state index in [0.717, 1.165) is 12.0 Å². The fraction of sp³-hybridized carbons (Fsp3) is 0.538. The first-order valence-electron chi connectivity index (χ1n) is 6.25. The highest BCUT2D eigenvalue weighted by Crippen LogP contribution is 2.41. The van der Waals surface area contributed by atoms with Gasteiger partial charge in [-0.15, -0.1) is 11.3 Å². The summed E-state index contributed by atoms with van der Waals surface area (Å²) in [6.45, 7) is 3.51. The molecular weight excluding hydrogens is 250 g/mol. The van der Waals surface area contributed by atoms with Gasteiger partial charge in [0.25, 0.3) is 0 Å². The molecule has 3 rings (SSSR count). The maximum atomic E-state index is 11.9. The molecule has 0 fully saturated rings. The molecule has 2 aliphatic rings. The molecule has 96 valence electrons. The second kappa shape index (κ2) is 4.39. The van der Waals surface area contributed by atoms with Gasteiger partial charge in [-0.1, -0.05) is 0 Å². The van der Waals surface area contributed by atoms with E-state index < -0.39 is 0 Å². The predicted octanol–water partition coefficient (Wildman–Crippen LogP) is 2.43.